The first-order valence-corrected chi connectivity index (χ1v) is 5.54. The molecule has 6 nitrogen and oxygen atoms in total. The van der Waals surface area contributed by atoms with Gasteiger partial charge in [0, 0.05) is 12.3 Å². The number of alkyl halides is 1. The Balaban J connectivity index is 2.87. The number of carbonyl (C=O) groups is 2. The molecule has 0 spiro atoms. The van der Waals surface area contributed by atoms with Gasteiger partial charge < -0.3 is 19.3 Å². The maximum Gasteiger partial charge on any atom is 0.378 e. The van der Waals surface area contributed by atoms with Crippen LogP contribution in [0, 0.1) is 0 Å². The Kier molecular flexibility index (Phi) is 4.17. The second-order valence-corrected chi connectivity index (χ2v) is 3.69. The van der Waals surface area contributed by atoms with Crippen LogP contribution in [0.25, 0.3) is 0 Å². The normalized spacial score (nSPS) is 21.7. The molecule has 0 aliphatic carbocycles. The number of aliphatic hydroxyl groups is 1. The Morgan fingerprint density at radius 2 is 2.31 bits per heavy atom. The van der Waals surface area contributed by atoms with Gasteiger partial charge >= 0.3 is 11.9 Å². The summed E-state index contributed by atoms with van der Waals surface area (Å²) in [5.41, 5.74) is 0. The van der Waals surface area contributed by atoms with Crippen LogP contribution in [0.1, 0.15) is 6.92 Å². The molecule has 2 atom stereocenters. The summed E-state index contributed by atoms with van der Waals surface area (Å²) in [5, 5.41) is 9.59. The van der Waals surface area contributed by atoms with Crippen molar-refractivity contribution in [3.63, 3.8) is 0 Å². The van der Waals surface area contributed by atoms with E-state index in [2.05, 4.69) is 15.9 Å². The lowest BCUT2D eigenvalue weighted by Gasteiger charge is -2.21. The number of halogens is 1. The van der Waals surface area contributed by atoms with Crippen LogP contribution in [0.4, 0.5) is 0 Å². The number of ether oxygens (including phenoxy) is 3. The van der Waals surface area contributed by atoms with Gasteiger partial charge in [-0.05, 0) is 0 Å². The van der Waals surface area contributed by atoms with E-state index in [1.165, 1.54) is 14.0 Å². The number of carbonyl (C=O) groups excluding carboxylic acids is 2. The van der Waals surface area contributed by atoms with Crippen molar-refractivity contribution in [3.05, 3.63) is 11.5 Å². The van der Waals surface area contributed by atoms with Crippen molar-refractivity contribution < 1.29 is 28.9 Å². The maximum atomic E-state index is 11.1. The molecule has 0 saturated heterocycles. The molecule has 0 aromatic rings. The van der Waals surface area contributed by atoms with E-state index < -0.39 is 29.9 Å². The van der Waals surface area contributed by atoms with Crippen LogP contribution in [0.3, 0.4) is 0 Å². The van der Waals surface area contributed by atoms with Gasteiger partial charge in [-0.15, -0.1) is 0 Å². The Morgan fingerprint density at radius 1 is 1.69 bits per heavy atom. The molecule has 0 unspecified atom stereocenters. The van der Waals surface area contributed by atoms with E-state index >= 15 is 0 Å². The van der Waals surface area contributed by atoms with Crippen LogP contribution in [0.2, 0.25) is 0 Å². The number of cyclic esters (lactones) is 1. The van der Waals surface area contributed by atoms with E-state index in [9.17, 15) is 14.7 Å². The summed E-state index contributed by atoms with van der Waals surface area (Å²) in [4.78, 5) is 21.9. The summed E-state index contributed by atoms with van der Waals surface area (Å²) in [6.45, 7) is 1.24. The molecule has 1 rings (SSSR count). The second kappa shape index (κ2) is 5.20. The predicted molar refractivity (Wildman–Crippen MR) is 55.9 cm³/mol. The number of esters is 2. The van der Waals surface area contributed by atoms with Crippen molar-refractivity contribution in [2.75, 3.05) is 12.4 Å². The van der Waals surface area contributed by atoms with Crippen LogP contribution in [0.15, 0.2) is 11.5 Å². The first-order chi connectivity index (χ1) is 7.51. The number of rotatable bonds is 4. The zero-order valence-electron chi connectivity index (χ0n) is 8.73. The topological polar surface area (TPSA) is 82.1 Å². The average Bonchev–Trinajstić information content (AvgIpc) is 2.51. The highest BCUT2D eigenvalue weighted by Gasteiger charge is 2.42. The van der Waals surface area contributed by atoms with Gasteiger partial charge in [0.15, 0.2) is 11.9 Å². The fourth-order valence-corrected chi connectivity index (χ4v) is 1.78. The molecule has 0 aromatic carbocycles. The molecule has 0 amide bonds. The molecule has 1 N–H and O–H groups in total. The highest BCUT2D eigenvalue weighted by atomic mass is 79.9. The maximum absolute atomic E-state index is 11.1. The Hall–Kier alpha value is -1.24. The summed E-state index contributed by atoms with van der Waals surface area (Å²) in [6, 6.07) is 0. The van der Waals surface area contributed by atoms with Crippen LogP contribution in [-0.2, 0) is 23.8 Å². The highest BCUT2D eigenvalue weighted by molar-refractivity contribution is 9.09. The van der Waals surface area contributed by atoms with E-state index in [0.29, 0.717) is 0 Å². The third kappa shape index (κ3) is 2.46. The van der Waals surface area contributed by atoms with Gasteiger partial charge in [0.25, 0.3) is 0 Å². The van der Waals surface area contributed by atoms with Gasteiger partial charge in [-0.2, -0.15) is 0 Å². The molecule has 0 aromatic heterocycles. The molecule has 0 bridgehead atoms. The van der Waals surface area contributed by atoms with Crippen molar-refractivity contribution in [2.45, 2.75) is 19.1 Å². The van der Waals surface area contributed by atoms with E-state index in [0.717, 1.165) is 0 Å². The molecular weight excluding hydrogens is 284 g/mol. The molecule has 0 radical (unpaired) electrons. The number of hydrogen-bond donors (Lipinski definition) is 1. The molecule has 1 aliphatic heterocycles. The third-order valence-corrected chi connectivity index (χ3v) is 2.58. The minimum Gasteiger partial charge on any atom is -0.499 e. The summed E-state index contributed by atoms with van der Waals surface area (Å²) < 4.78 is 14.6. The fraction of sp³-hybridized carbons (Fsp3) is 0.556. The monoisotopic (exact) mass is 294 g/mol. The van der Waals surface area contributed by atoms with Gasteiger partial charge in [-0.25, -0.2) is 4.79 Å². The highest BCUT2D eigenvalue weighted by Crippen LogP contribution is 2.26. The fourth-order valence-electron chi connectivity index (χ4n) is 1.30. The van der Waals surface area contributed by atoms with E-state index in [1.807, 2.05) is 0 Å². The van der Waals surface area contributed by atoms with Crippen LogP contribution in [0.5, 0.6) is 0 Å². The average molecular weight is 295 g/mol. The zero-order valence-corrected chi connectivity index (χ0v) is 10.3. The largest absolute Gasteiger partial charge is 0.499 e. The van der Waals surface area contributed by atoms with Crippen molar-refractivity contribution >= 4 is 27.9 Å². The van der Waals surface area contributed by atoms with Crippen LogP contribution in [-0.4, -0.2) is 41.7 Å². The van der Waals surface area contributed by atoms with E-state index in [4.69, 9.17) is 14.2 Å². The minimum absolute atomic E-state index is 0.0318. The van der Waals surface area contributed by atoms with Crippen molar-refractivity contribution in [3.8, 4) is 0 Å². The Morgan fingerprint density at radius 3 is 2.75 bits per heavy atom. The van der Waals surface area contributed by atoms with Gasteiger partial charge in [0.05, 0.1) is 7.11 Å². The molecule has 7 heteroatoms. The standard InChI is InChI=1S/C9H11BrO6/c1-4(11)15-5(3-10)7-8(14-2)6(12)9(13)16-7/h5,7,12H,3H2,1-2H3/t5-,7+/m0/s1. The number of hydrogen-bond acceptors (Lipinski definition) is 6. The lowest BCUT2D eigenvalue weighted by Crippen LogP contribution is -2.34. The quantitative estimate of drug-likeness (QED) is 0.606. The zero-order chi connectivity index (χ0) is 12.3. The Labute approximate surface area is 100 Å². The summed E-state index contributed by atoms with van der Waals surface area (Å²) in [6.07, 6.45) is -1.65. The summed E-state index contributed by atoms with van der Waals surface area (Å²) >= 11 is 3.12. The lowest BCUT2D eigenvalue weighted by molar-refractivity contribution is -0.158. The Bertz CT molecular complexity index is 337. The van der Waals surface area contributed by atoms with Crippen molar-refractivity contribution in [1.29, 1.82) is 0 Å². The minimum atomic E-state index is -0.916. The number of methoxy groups -OCH3 is 1. The van der Waals surface area contributed by atoms with E-state index in [1.54, 1.807) is 0 Å². The predicted octanol–water partition coefficient (Wildman–Crippen LogP) is 0.654. The molecule has 90 valence electrons. The molecule has 1 aliphatic rings. The molecular formula is C9H11BrO6. The van der Waals surface area contributed by atoms with Crippen LogP contribution >= 0.6 is 15.9 Å². The second-order valence-electron chi connectivity index (χ2n) is 3.05. The first kappa shape index (κ1) is 12.8. The first-order valence-electron chi connectivity index (χ1n) is 4.42. The van der Waals surface area contributed by atoms with E-state index in [-0.39, 0.29) is 11.1 Å². The van der Waals surface area contributed by atoms with Crippen molar-refractivity contribution in [1.82, 2.24) is 0 Å². The molecule has 1 heterocycles. The number of aliphatic hydroxyl groups excluding tert-OH is 1. The summed E-state index contributed by atoms with van der Waals surface area (Å²) in [5.74, 6) is -2.02. The van der Waals surface area contributed by atoms with Gasteiger partial charge in [0.1, 0.15) is 0 Å². The molecule has 0 fully saturated rings. The molecule has 0 saturated carbocycles. The van der Waals surface area contributed by atoms with Gasteiger partial charge in [-0.3, -0.25) is 4.79 Å². The van der Waals surface area contributed by atoms with Crippen molar-refractivity contribution in [2.24, 2.45) is 0 Å². The summed E-state index contributed by atoms with van der Waals surface area (Å²) in [7, 11) is 1.29. The lowest BCUT2D eigenvalue weighted by atomic mass is 10.2. The van der Waals surface area contributed by atoms with Crippen LogP contribution < -0.4 is 0 Å². The third-order valence-electron chi connectivity index (χ3n) is 1.95. The van der Waals surface area contributed by atoms with Gasteiger partial charge in [-0.1, -0.05) is 15.9 Å². The molecule has 16 heavy (non-hydrogen) atoms. The van der Waals surface area contributed by atoms with Gasteiger partial charge in [0.2, 0.25) is 11.9 Å². The SMILES string of the molecule is COC1=C(O)C(=O)O[C@@H]1[C@H](CBr)OC(C)=O. The smallest absolute Gasteiger partial charge is 0.378 e.